The molecule has 1 N–H and O–H groups in total. The van der Waals surface area contributed by atoms with Crippen LogP contribution in [-0.2, 0) is 9.59 Å². The minimum atomic E-state index is -0.741. The SMILES string of the molecule is COc1ccc(N2C(=O)C(O)=C(C(=O)/C=C/c3ccccc3)C2c2ccccc2)cc1. The number of rotatable bonds is 6. The van der Waals surface area contributed by atoms with Crippen molar-refractivity contribution < 1.29 is 19.4 Å². The first kappa shape index (κ1) is 20.2. The first-order valence-corrected chi connectivity index (χ1v) is 9.83. The maximum atomic E-state index is 13.1. The highest BCUT2D eigenvalue weighted by Crippen LogP contribution is 2.41. The Morgan fingerprint density at radius 2 is 1.55 bits per heavy atom. The van der Waals surface area contributed by atoms with Crippen LogP contribution in [0.5, 0.6) is 5.75 Å². The van der Waals surface area contributed by atoms with E-state index < -0.39 is 23.5 Å². The van der Waals surface area contributed by atoms with Crippen LogP contribution in [0.3, 0.4) is 0 Å². The van der Waals surface area contributed by atoms with E-state index in [0.29, 0.717) is 11.4 Å². The maximum Gasteiger partial charge on any atom is 0.294 e. The fraction of sp³-hybridized carbons (Fsp3) is 0.0769. The number of carbonyl (C=O) groups is 2. The Kier molecular flexibility index (Phi) is 5.67. The van der Waals surface area contributed by atoms with Gasteiger partial charge in [-0.2, -0.15) is 0 Å². The van der Waals surface area contributed by atoms with Crippen molar-refractivity contribution in [2.75, 3.05) is 12.0 Å². The number of nitrogens with zero attached hydrogens (tertiary/aromatic N) is 1. The van der Waals surface area contributed by atoms with Gasteiger partial charge in [-0.05, 0) is 41.5 Å². The van der Waals surface area contributed by atoms with E-state index in [1.165, 1.54) is 11.0 Å². The Hall–Kier alpha value is -4.12. The molecule has 1 atom stereocenters. The van der Waals surface area contributed by atoms with E-state index in [4.69, 9.17) is 4.74 Å². The van der Waals surface area contributed by atoms with Crippen molar-refractivity contribution in [3.63, 3.8) is 0 Å². The number of carbonyl (C=O) groups excluding carboxylic acids is 2. The summed E-state index contributed by atoms with van der Waals surface area (Å²) in [5, 5.41) is 10.7. The predicted octanol–water partition coefficient (Wildman–Crippen LogP) is 4.88. The summed E-state index contributed by atoms with van der Waals surface area (Å²) in [6.45, 7) is 0. The van der Waals surface area contributed by atoms with Crippen LogP contribution in [0.15, 0.2) is 102 Å². The summed E-state index contributed by atoms with van der Waals surface area (Å²) in [6, 6.07) is 24.8. The lowest BCUT2D eigenvalue weighted by Crippen LogP contribution is -2.30. The van der Waals surface area contributed by atoms with Gasteiger partial charge in [0.25, 0.3) is 5.91 Å². The van der Waals surface area contributed by atoms with Crippen molar-refractivity contribution in [3.8, 4) is 5.75 Å². The van der Waals surface area contributed by atoms with Gasteiger partial charge in [0, 0.05) is 5.69 Å². The van der Waals surface area contributed by atoms with Gasteiger partial charge in [-0.3, -0.25) is 14.5 Å². The Balaban J connectivity index is 1.76. The lowest BCUT2D eigenvalue weighted by Gasteiger charge is -2.26. The molecule has 0 fully saturated rings. The van der Waals surface area contributed by atoms with Crippen molar-refractivity contribution >= 4 is 23.5 Å². The van der Waals surface area contributed by atoms with Crippen molar-refractivity contribution in [2.24, 2.45) is 0 Å². The van der Waals surface area contributed by atoms with E-state index >= 15 is 0 Å². The number of ketones is 1. The molecular weight excluding hydrogens is 390 g/mol. The van der Waals surface area contributed by atoms with Crippen molar-refractivity contribution in [1.29, 1.82) is 0 Å². The largest absolute Gasteiger partial charge is 0.503 e. The average Bonchev–Trinajstić information content (AvgIpc) is 3.09. The third-order valence-electron chi connectivity index (χ3n) is 5.17. The van der Waals surface area contributed by atoms with Gasteiger partial charge in [0.05, 0.1) is 18.7 Å². The topological polar surface area (TPSA) is 66.8 Å². The molecule has 0 bridgehead atoms. The molecule has 1 aliphatic heterocycles. The maximum absolute atomic E-state index is 13.1. The average molecular weight is 411 g/mol. The van der Waals surface area contributed by atoms with Crippen LogP contribution in [0.1, 0.15) is 17.2 Å². The number of hydrogen-bond donors (Lipinski definition) is 1. The number of allylic oxidation sites excluding steroid dienone is 1. The normalized spacial score (nSPS) is 16.2. The molecule has 4 rings (SSSR count). The van der Waals surface area contributed by atoms with Crippen LogP contribution in [0.4, 0.5) is 5.69 Å². The Labute approximate surface area is 180 Å². The van der Waals surface area contributed by atoms with Gasteiger partial charge in [0.2, 0.25) is 0 Å². The van der Waals surface area contributed by atoms with Gasteiger partial charge in [0.15, 0.2) is 11.5 Å². The number of hydrogen-bond acceptors (Lipinski definition) is 4. The smallest absolute Gasteiger partial charge is 0.294 e. The summed E-state index contributed by atoms with van der Waals surface area (Å²) in [7, 11) is 1.56. The van der Waals surface area contributed by atoms with Crippen molar-refractivity contribution in [1.82, 2.24) is 0 Å². The fourth-order valence-corrected chi connectivity index (χ4v) is 3.64. The van der Waals surface area contributed by atoms with Gasteiger partial charge in [-0.15, -0.1) is 0 Å². The predicted molar refractivity (Wildman–Crippen MR) is 120 cm³/mol. The highest BCUT2D eigenvalue weighted by molar-refractivity contribution is 6.19. The van der Waals surface area contributed by atoms with Crippen LogP contribution in [0.25, 0.3) is 6.08 Å². The number of anilines is 1. The number of methoxy groups -OCH3 is 1. The van der Waals surface area contributed by atoms with Crippen LogP contribution in [-0.4, -0.2) is 23.9 Å². The molecule has 154 valence electrons. The molecule has 1 aliphatic rings. The van der Waals surface area contributed by atoms with Crippen LogP contribution in [0, 0.1) is 0 Å². The van der Waals surface area contributed by atoms with E-state index in [0.717, 1.165) is 11.1 Å². The molecule has 1 heterocycles. The summed E-state index contributed by atoms with van der Waals surface area (Å²) in [5.74, 6) is -0.923. The standard InChI is InChI=1S/C26H21NO4/c1-31-21-15-13-20(14-16-21)27-24(19-10-6-3-7-11-19)23(25(29)26(27)30)22(28)17-12-18-8-4-2-5-9-18/h2-17,24,29H,1H3/b17-12+. The van der Waals surface area contributed by atoms with Crippen LogP contribution in [0.2, 0.25) is 0 Å². The fourth-order valence-electron chi connectivity index (χ4n) is 3.64. The van der Waals surface area contributed by atoms with Gasteiger partial charge >= 0.3 is 0 Å². The van der Waals surface area contributed by atoms with Crippen molar-refractivity contribution in [2.45, 2.75) is 6.04 Å². The van der Waals surface area contributed by atoms with E-state index in [2.05, 4.69) is 0 Å². The summed E-state index contributed by atoms with van der Waals surface area (Å²) in [5.41, 5.74) is 2.19. The highest BCUT2D eigenvalue weighted by atomic mass is 16.5. The molecule has 0 aromatic heterocycles. The first-order chi connectivity index (χ1) is 15.1. The lowest BCUT2D eigenvalue weighted by molar-refractivity contribution is -0.117. The minimum Gasteiger partial charge on any atom is -0.503 e. The molecule has 5 heteroatoms. The molecule has 1 amide bonds. The minimum absolute atomic E-state index is 0.0548. The number of aliphatic hydroxyl groups is 1. The van der Waals surface area contributed by atoms with Gasteiger partial charge in [0.1, 0.15) is 5.75 Å². The first-order valence-electron chi connectivity index (χ1n) is 9.83. The molecule has 1 unspecified atom stereocenters. The third-order valence-corrected chi connectivity index (χ3v) is 5.17. The molecule has 31 heavy (non-hydrogen) atoms. The zero-order valence-electron chi connectivity index (χ0n) is 16.9. The molecule has 0 saturated carbocycles. The Bertz CT molecular complexity index is 1150. The molecule has 0 radical (unpaired) electrons. The van der Waals surface area contributed by atoms with Gasteiger partial charge < -0.3 is 9.84 Å². The van der Waals surface area contributed by atoms with E-state index in [1.807, 2.05) is 60.7 Å². The summed E-state index contributed by atoms with van der Waals surface area (Å²) >= 11 is 0. The number of amides is 1. The summed E-state index contributed by atoms with van der Waals surface area (Å²) in [4.78, 5) is 27.6. The third kappa shape index (κ3) is 3.98. The van der Waals surface area contributed by atoms with Crippen molar-refractivity contribution in [3.05, 3.63) is 113 Å². The molecule has 3 aromatic carbocycles. The molecular formula is C26H21NO4. The monoisotopic (exact) mass is 411 g/mol. The second-order valence-corrected chi connectivity index (χ2v) is 7.06. The number of ether oxygens (including phenoxy) is 1. The molecule has 5 nitrogen and oxygen atoms in total. The quantitative estimate of drug-likeness (QED) is 0.587. The Morgan fingerprint density at radius 3 is 2.16 bits per heavy atom. The molecule has 3 aromatic rings. The summed E-state index contributed by atoms with van der Waals surface area (Å²) < 4.78 is 5.20. The van der Waals surface area contributed by atoms with Gasteiger partial charge in [-0.25, -0.2) is 0 Å². The zero-order valence-corrected chi connectivity index (χ0v) is 16.9. The molecule has 0 saturated heterocycles. The van der Waals surface area contributed by atoms with E-state index in [9.17, 15) is 14.7 Å². The lowest BCUT2D eigenvalue weighted by atomic mass is 9.95. The second kappa shape index (κ2) is 8.71. The number of aliphatic hydroxyl groups excluding tert-OH is 1. The van der Waals surface area contributed by atoms with E-state index in [-0.39, 0.29) is 5.57 Å². The van der Waals surface area contributed by atoms with Crippen LogP contribution >= 0.6 is 0 Å². The second-order valence-electron chi connectivity index (χ2n) is 7.06. The highest BCUT2D eigenvalue weighted by Gasteiger charge is 2.43. The molecule has 0 aliphatic carbocycles. The van der Waals surface area contributed by atoms with E-state index in [1.54, 1.807) is 37.5 Å². The zero-order chi connectivity index (χ0) is 21.8. The summed E-state index contributed by atoms with van der Waals surface area (Å²) in [6.07, 6.45) is 3.06. The Morgan fingerprint density at radius 1 is 0.935 bits per heavy atom. The van der Waals surface area contributed by atoms with Crippen LogP contribution < -0.4 is 9.64 Å². The van der Waals surface area contributed by atoms with Gasteiger partial charge in [-0.1, -0.05) is 66.7 Å². The molecule has 0 spiro atoms. The number of benzene rings is 3.